The van der Waals surface area contributed by atoms with Crippen molar-refractivity contribution in [3.8, 4) is 0 Å². The number of carbonyl (C=O) groups excluding carboxylic acids is 2. The minimum atomic E-state index is -0.561. The van der Waals surface area contributed by atoms with Gasteiger partial charge in [-0.3, -0.25) is 9.59 Å². The summed E-state index contributed by atoms with van der Waals surface area (Å²) in [7, 11) is 0. The van der Waals surface area contributed by atoms with Crippen LogP contribution in [-0.2, 0) is 9.59 Å². The fourth-order valence-corrected chi connectivity index (χ4v) is 4.75. The number of carbonyl (C=O) groups is 2. The first-order valence-electron chi connectivity index (χ1n) is 8.65. The molecule has 0 radical (unpaired) electrons. The Labute approximate surface area is 127 Å². The normalized spacial score (nSPS) is 32.8. The van der Waals surface area contributed by atoms with E-state index in [1.165, 1.54) is 19.3 Å². The van der Waals surface area contributed by atoms with Gasteiger partial charge in [0.1, 0.15) is 5.54 Å². The lowest BCUT2D eigenvalue weighted by molar-refractivity contribution is -0.154. The molecule has 3 fully saturated rings. The van der Waals surface area contributed by atoms with E-state index in [-0.39, 0.29) is 24.4 Å². The van der Waals surface area contributed by atoms with Gasteiger partial charge in [0.25, 0.3) is 0 Å². The van der Waals surface area contributed by atoms with Crippen LogP contribution in [0.3, 0.4) is 0 Å². The van der Waals surface area contributed by atoms with E-state index in [0.29, 0.717) is 11.8 Å². The Bertz CT molecular complexity index is 427. The van der Waals surface area contributed by atoms with Crippen LogP contribution < -0.4 is 5.32 Å². The number of hydrogen-bond acceptors (Lipinski definition) is 2. The molecule has 0 aromatic carbocycles. The Hall–Kier alpha value is -1.06. The molecular weight excluding hydrogens is 264 g/mol. The lowest BCUT2D eigenvalue weighted by Crippen LogP contribution is -2.68. The maximum absolute atomic E-state index is 13.1. The maximum Gasteiger partial charge on any atom is 0.249 e. The molecule has 2 saturated carbocycles. The zero-order valence-corrected chi connectivity index (χ0v) is 13.4. The van der Waals surface area contributed by atoms with Crippen LogP contribution in [0.1, 0.15) is 65.2 Å². The van der Waals surface area contributed by atoms with Gasteiger partial charge in [-0.2, -0.15) is 0 Å². The number of rotatable bonds is 2. The fraction of sp³-hybridized carbons (Fsp3) is 0.882. The summed E-state index contributed by atoms with van der Waals surface area (Å²) in [5.41, 5.74) is -0.561. The topological polar surface area (TPSA) is 49.4 Å². The fourth-order valence-electron chi connectivity index (χ4n) is 4.75. The summed E-state index contributed by atoms with van der Waals surface area (Å²) in [6, 6.07) is 0.273. The molecule has 0 aromatic rings. The highest BCUT2D eigenvalue weighted by atomic mass is 16.2. The lowest BCUT2D eigenvalue weighted by atomic mass is 9.76. The van der Waals surface area contributed by atoms with Gasteiger partial charge in [0.05, 0.1) is 6.54 Å². The molecule has 1 aliphatic heterocycles. The van der Waals surface area contributed by atoms with Crippen LogP contribution in [-0.4, -0.2) is 34.8 Å². The molecule has 3 rings (SSSR count). The van der Waals surface area contributed by atoms with Gasteiger partial charge in [0.15, 0.2) is 0 Å². The van der Waals surface area contributed by atoms with Crippen molar-refractivity contribution in [2.24, 2.45) is 11.8 Å². The first-order valence-corrected chi connectivity index (χ1v) is 8.65. The molecule has 2 aliphatic carbocycles. The number of nitrogens with zero attached hydrogens (tertiary/aromatic N) is 1. The standard InChI is InChI=1S/C17H28N2O2/c1-12(2)13-7-3-4-8-14(13)19-11-15(20)18-17(16(19)21)9-5-6-10-17/h12-14H,3-11H2,1-2H3,(H,18,20). The van der Waals surface area contributed by atoms with Gasteiger partial charge in [0, 0.05) is 6.04 Å². The molecule has 1 saturated heterocycles. The highest BCUT2D eigenvalue weighted by Crippen LogP contribution is 2.39. The SMILES string of the molecule is CC(C)C1CCCCC1N1CC(=O)NC2(CCCC2)C1=O. The zero-order valence-electron chi connectivity index (χ0n) is 13.4. The van der Waals surface area contributed by atoms with Crippen molar-refractivity contribution in [1.82, 2.24) is 10.2 Å². The number of nitrogens with one attached hydrogen (secondary N) is 1. The van der Waals surface area contributed by atoms with E-state index in [0.717, 1.165) is 32.1 Å². The second kappa shape index (κ2) is 5.62. The third kappa shape index (κ3) is 2.58. The molecule has 21 heavy (non-hydrogen) atoms. The van der Waals surface area contributed by atoms with Crippen molar-refractivity contribution in [3.05, 3.63) is 0 Å². The van der Waals surface area contributed by atoms with Crippen LogP contribution in [0.2, 0.25) is 0 Å². The van der Waals surface area contributed by atoms with E-state index >= 15 is 0 Å². The number of hydrogen-bond donors (Lipinski definition) is 1. The van der Waals surface area contributed by atoms with Gasteiger partial charge in [-0.1, -0.05) is 39.5 Å². The molecule has 3 aliphatic rings. The molecule has 1 heterocycles. The molecule has 4 heteroatoms. The molecule has 1 spiro atoms. The predicted molar refractivity (Wildman–Crippen MR) is 81.6 cm³/mol. The second-order valence-corrected chi connectivity index (χ2v) is 7.53. The van der Waals surface area contributed by atoms with Crippen LogP contribution in [0, 0.1) is 11.8 Å². The summed E-state index contributed by atoms with van der Waals surface area (Å²) in [5.74, 6) is 1.38. The van der Waals surface area contributed by atoms with Crippen LogP contribution >= 0.6 is 0 Å². The van der Waals surface area contributed by atoms with E-state index in [1.807, 2.05) is 4.90 Å². The Morgan fingerprint density at radius 1 is 1.10 bits per heavy atom. The first-order chi connectivity index (χ1) is 10.0. The molecule has 0 bridgehead atoms. The minimum Gasteiger partial charge on any atom is -0.340 e. The molecule has 2 unspecified atom stereocenters. The van der Waals surface area contributed by atoms with Crippen LogP contribution in [0.25, 0.3) is 0 Å². The van der Waals surface area contributed by atoms with Gasteiger partial charge in [-0.25, -0.2) is 0 Å². The van der Waals surface area contributed by atoms with E-state index in [1.54, 1.807) is 0 Å². The number of amides is 2. The third-order valence-corrected chi connectivity index (χ3v) is 5.86. The highest BCUT2D eigenvalue weighted by molar-refractivity contribution is 5.98. The molecule has 118 valence electrons. The Kier molecular flexibility index (Phi) is 3.98. The number of piperazine rings is 1. The third-order valence-electron chi connectivity index (χ3n) is 5.86. The molecular formula is C17H28N2O2. The van der Waals surface area contributed by atoms with E-state index < -0.39 is 5.54 Å². The Balaban J connectivity index is 1.85. The molecule has 2 atom stereocenters. The summed E-state index contributed by atoms with van der Waals surface area (Å²) in [6.45, 7) is 4.78. The second-order valence-electron chi connectivity index (χ2n) is 7.53. The van der Waals surface area contributed by atoms with Crippen LogP contribution in [0.4, 0.5) is 0 Å². The van der Waals surface area contributed by atoms with Crippen molar-refractivity contribution < 1.29 is 9.59 Å². The van der Waals surface area contributed by atoms with Crippen molar-refractivity contribution >= 4 is 11.8 Å². The van der Waals surface area contributed by atoms with Crippen molar-refractivity contribution in [2.45, 2.75) is 76.8 Å². The quantitative estimate of drug-likeness (QED) is 0.850. The van der Waals surface area contributed by atoms with Gasteiger partial charge < -0.3 is 10.2 Å². The van der Waals surface area contributed by atoms with Crippen molar-refractivity contribution in [1.29, 1.82) is 0 Å². The van der Waals surface area contributed by atoms with Crippen molar-refractivity contribution in [2.75, 3.05) is 6.54 Å². The Morgan fingerprint density at radius 2 is 1.76 bits per heavy atom. The van der Waals surface area contributed by atoms with Crippen LogP contribution in [0.15, 0.2) is 0 Å². The summed E-state index contributed by atoms with van der Waals surface area (Å²) in [4.78, 5) is 27.2. The molecule has 2 amide bonds. The van der Waals surface area contributed by atoms with Crippen molar-refractivity contribution in [3.63, 3.8) is 0 Å². The average molecular weight is 292 g/mol. The highest BCUT2D eigenvalue weighted by Gasteiger charge is 2.51. The molecule has 4 nitrogen and oxygen atoms in total. The maximum atomic E-state index is 13.1. The average Bonchev–Trinajstić information content (AvgIpc) is 2.92. The minimum absolute atomic E-state index is 0.0459. The van der Waals surface area contributed by atoms with Gasteiger partial charge in [-0.15, -0.1) is 0 Å². The summed E-state index contributed by atoms with van der Waals surface area (Å²) < 4.78 is 0. The Morgan fingerprint density at radius 3 is 2.43 bits per heavy atom. The largest absolute Gasteiger partial charge is 0.340 e. The van der Waals surface area contributed by atoms with Gasteiger partial charge in [0.2, 0.25) is 11.8 Å². The van der Waals surface area contributed by atoms with Gasteiger partial charge >= 0.3 is 0 Å². The summed E-state index contributed by atoms with van der Waals surface area (Å²) in [6.07, 6.45) is 8.47. The zero-order chi connectivity index (χ0) is 15.0. The van der Waals surface area contributed by atoms with Crippen LogP contribution in [0.5, 0.6) is 0 Å². The predicted octanol–water partition coefficient (Wildman–Crippen LogP) is 2.47. The molecule has 0 aromatic heterocycles. The van der Waals surface area contributed by atoms with Gasteiger partial charge in [-0.05, 0) is 37.5 Å². The lowest BCUT2D eigenvalue weighted by Gasteiger charge is -2.47. The summed E-state index contributed by atoms with van der Waals surface area (Å²) in [5, 5.41) is 3.02. The summed E-state index contributed by atoms with van der Waals surface area (Å²) >= 11 is 0. The van der Waals surface area contributed by atoms with E-state index in [2.05, 4.69) is 19.2 Å². The monoisotopic (exact) mass is 292 g/mol. The first kappa shape index (κ1) is 14.9. The van der Waals surface area contributed by atoms with E-state index in [9.17, 15) is 9.59 Å². The van der Waals surface area contributed by atoms with E-state index in [4.69, 9.17) is 0 Å². The smallest absolute Gasteiger partial charge is 0.249 e. The molecule has 1 N–H and O–H groups in total.